The number of carbonyl (C=O) groups is 1. The number of hydrogen-bond donors (Lipinski definition) is 0. The van der Waals surface area contributed by atoms with Crippen molar-refractivity contribution in [3.05, 3.63) is 155 Å². The Morgan fingerprint density at radius 2 is 0.758 bits per heavy atom. The number of para-hydroxylation sites is 2. The molecule has 2 aliphatic heterocycles. The fourth-order valence-electron chi connectivity index (χ4n) is 9.20. The van der Waals surface area contributed by atoms with Crippen molar-refractivity contribution in [2.24, 2.45) is 0 Å². The molecule has 0 aromatic heterocycles. The normalized spacial score (nSPS) is 13.6. The van der Waals surface area contributed by atoms with Crippen molar-refractivity contribution in [2.45, 2.75) is 110 Å². The van der Waals surface area contributed by atoms with Gasteiger partial charge < -0.3 is 9.80 Å². The van der Waals surface area contributed by atoms with E-state index >= 15 is 0 Å². The average Bonchev–Trinajstić information content (AvgIpc) is 3.58. The van der Waals surface area contributed by atoms with E-state index < -0.39 is 0 Å². The zero-order valence-electron chi connectivity index (χ0n) is 36.4. The summed E-state index contributed by atoms with van der Waals surface area (Å²) in [4.78, 5) is 24.2. The first kappa shape index (κ1) is 42.1. The number of fused-ring (bicyclic) bond motifs is 7. The number of rotatable bonds is 18. The lowest BCUT2D eigenvalue weighted by molar-refractivity contribution is 0.104. The first-order chi connectivity index (χ1) is 30.6. The molecule has 9 rings (SSSR count). The largest absolute Gasteiger partial charge is 0.340 e. The van der Waals surface area contributed by atoms with E-state index in [-0.39, 0.29) is 5.78 Å². The number of hydrogen-bond acceptors (Lipinski definition) is 5. The van der Waals surface area contributed by atoms with Crippen LogP contribution in [0.4, 0.5) is 22.7 Å². The monoisotopic (exact) mass is 850 g/mol. The van der Waals surface area contributed by atoms with Crippen LogP contribution in [0.25, 0.3) is 35.4 Å². The molecule has 0 saturated heterocycles. The molecule has 0 N–H and O–H groups in total. The lowest BCUT2D eigenvalue weighted by Gasteiger charge is -2.33. The number of unbranched alkanes of at least 4 members (excludes halogenated alkanes) is 10. The topological polar surface area (TPSA) is 23.6 Å². The predicted molar refractivity (Wildman–Crippen MR) is 268 cm³/mol. The average molecular weight is 851 g/mol. The Labute approximate surface area is 378 Å². The third-order valence-corrected chi connectivity index (χ3v) is 14.8. The number of ketones is 1. The van der Waals surface area contributed by atoms with Crippen LogP contribution in [0, 0.1) is 0 Å². The van der Waals surface area contributed by atoms with Crippen LogP contribution in [0.15, 0.2) is 141 Å². The Morgan fingerprint density at radius 3 is 1.21 bits per heavy atom. The van der Waals surface area contributed by atoms with Crippen molar-refractivity contribution < 1.29 is 4.79 Å². The van der Waals surface area contributed by atoms with Gasteiger partial charge in [0.15, 0.2) is 5.78 Å². The SMILES string of the molecule is CCCCCCCCN1c2ccccc2Sc2cc(/C=C/c3ccc4c(c3)C(=O)c3cc(/C=C/c5ccc6c(c5)Sc5ccccc5N6CCCCCCCC)ccc3-4)ccc21. The van der Waals surface area contributed by atoms with Crippen molar-refractivity contribution in [3.8, 4) is 11.1 Å². The van der Waals surface area contributed by atoms with Gasteiger partial charge in [0.25, 0.3) is 0 Å². The molecule has 314 valence electrons. The van der Waals surface area contributed by atoms with Crippen LogP contribution in [0.2, 0.25) is 0 Å². The van der Waals surface area contributed by atoms with E-state index in [1.807, 2.05) is 23.5 Å². The van der Waals surface area contributed by atoms with Crippen LogP contribution < -0.4 is 9.80 Å². The van der Waals surface area contributed by atoms with Crippen molar-refractivity contribution >= 4 is 76.4 Å². The Hall–Kier alpha value is -5.23. The molecule has 0 bridgehead atoms. The lowest BCUT2D eigenvalue weighted by Crippen LogP contribution is -2.22. The van der Waals surface area contributed by atoms with Gasteiger partial charge in [-0.1, -0.05) is 187 Å². The van der Waals surface area contributed by atoms with Gasteiger partial charge in [-0.2, -0.15) is 0 Å². The van der Waals surface area contributed by atoms with Gasteiger partial charge >= 0.3 is 0 Å². The first-order valence-electron chi connectivity index (χ1n) is 23.1. The molecule has 1 aliphatic carbocycles. The van der Waals surface area contributed by atoms with Gasteiger partial charge in [-0.25, -0.2) is 0 Å². The molecule has 6 aromatic rings. The third kappa shape index (κ3) is 9.26. The zero-order valence-corrected chi connectivity index (χ0v) is 38.0. The van der Waals surface area contributed by atoms with Crippen molar-refractivity contribution in [1.82, 2.24) is 0 Å². The Kier molecular flexibility index (Phi) is 13.5. The van der Waals surface area contributed by atoms with Crippen LogP contribution in [-0.2, 0) is 0 Å². The number of anilines is 4. The summed E-state index contributed by atoms with van der Waals surface area (Å²) in [5.74, 6) is 0.101. The van der Waals surface area contributed by atoms with Gasteiger partial charge in [0.05, 0.1) is 22.7 Å². The summed E-state index contributed by atoms with van der Waals surface area (Å²) in [6.07, 6.45) is 24.2. The summed E-state index contributed by atoms with van der Waals surface area (Å²) >= 11 is 3.73. The summed E-state index contributed by atoms with van der Waals surface area (Å²) in [7, 11) is 0. The van der Waals surface area contributed by atoms with Gasteiger partial charge in [-0.05, 0) is 107 Å². The highest BCUT2D eigenvalue weighted by molar-refractivity contribution is 8.00. The molecule has 0 unspecified atom stereocenters. The maximum absolute atomic E-state index is 13.9. The number of benzene rings is 6. The zero-order chi connectivity index (χ0) is 42.3. The summed E-state index contributed by atoms with van der Waals surface area (Å²) in [5, 5.41) is 0. The number of carbonyl (C=O) groups excluding carboxylic acids is 1. The Bertz CT molecular complexity index is 2440. The van der Waals surface area contributed by atoms with E-state index in [0.29, 0.717) is 0 Å². The standard InChI is InChI=1S/C57H58N2OS2/c1-3-5-7-9-11-17-35-58-49-19-13-15-21-53(49)61-55-39-43(29-33-51(55)58)25-23-41-27-31-45-46-32-28-42(38-48(46)57(60)47(45)37-41)24-26-44-30-34-52-56(40-44)62-54-22-16-14-20-50(54)59(52)36-18-12-10-8-6-4-2/h13-16,19-34,37-40H,3-12,17-18,35-36H2,1-2H3/b25-23+,26-24+. The van der Waals surface area contributed by atoms with Gasteiger partial charge in [0.2, 0.25) is 0 Å². The fraction of sp³-hybridized carbons (Fsp3) is 0.281. The van der Waals surface area contributed by atoms with Crippen molar-refractivity contribution in [2.75, 3.05) is 22.9 Å². The minimum absolute atomic E-state index is 0.101. The summed E-state index contributed by atoms with van der Waals surface area (Å²) in [5.41, 5.74) is 13.2. The van der Waals surface area contributed by atoms with Gasteiger partial charge in [-0.15, -0.1) is 0 Å². The quantitative estimate of drug-likeness (QED) is 0.0632. The van der Waals surface area contributed by atoms with Gasteiger partial charge in [-0.3, -0.25) is 4.79 Å². The molecule has 0 amide bonds. The highest BCUT2D eigenvalue weighted by Gasteiger charge is 2.28. The highest BCUT2D eigenvalue weighted by atomic mass is 32.2. The Balaban J connectivity index is 0.869. The van der Waals surface area contributed by atoms with Crippen molar-refractivity contribution in [3.63, 3.8) is 0 Å². The second kappa shape index (κ2) is 19.9. The maximum atomic E-state index is 13.9. The molecule has 0 spiro atoms. The molecule has 62 heavy (non-hydrogen) atoms. The van der Waals surface area contributed by atoms with Gasteiger partial charge in [0.1, 0.15) is 0 Å². The molecule has 2 heterocycles. The van der Waals surface area contributed by atoms with Crippen LogP contribution in [0.3, 0.4) is 0 Å². The van der Waals surface area contributed by atoms with E-state index in [1.54, 1.807) is 0 Å². The molecular weight excluding hydrogens is 793 g/mol. The minimum Gasteiger partial charge on any atom is -0.340 e. The summed E-state index contributed by atoms with van der Waals surface area (Å²) < 4.78 is 0. The first-order valence-corrected chi connectivity index (χ1v) is 24.8. The highest BCUT2D eigenvalue weighted by Crippen LogP contribution is 2.50. The predicted octanol–water partition coefficient (Wildman–Crippen LogP) is 17.2. The van der Waals surface area contributed by atoms with Crippen molar-refractivity contribution in [1.29, 1.82) is 0 Å². The van der Waals surface area contributed by atoms with E-state index in [9.17, 15) is 4.79 Å². The summed E-state index contributed by atoms with van der Waals surface area (Å²) in [6.45, 7) is 6.64. The molecule has 5 heteroatoms. The second-order valence-electron chi connectivity index (χ2n) is 17.0. The molecule has 3 nitrogen and oxygen atoms in total. The summed E-state index contributed by atoms with van der Waals surface area (Å²) in [6, 6.07) is 43.9. The van der Waals surface area contributed by atoms with E-state index in [0.717, 1.165) is 57.6 Å². The van der Waals surface area contributed by atoms with E-state index in [2.05, 4.69) is 169 Å². The minimum atomic E-state index is 0.101. The van der Waals surface area contributed by atoms with Crippen LogP contribution in [0.1, 0.15) is 129 Å². The second-order valence-corrected chi connectivity index (χ2v) is 19.2. The fourth-order valence-corrected chi connectivity index (χ4v) is 11.5. The van der Waals surface area contributed by atoms with Crippen LogP contribution in [0.5, 0.6) is 0 Å². The molecule has 0 radical (unpaired) electrons. The molecular formula is C57H58N2OS2. The molecule has 6 aromatic carbocycles. The molecule has 0 saturated carbocycles. The van der Waals surface area contributed by atoms with Crippen LogP contribution in [-0.4, -0.2) is 18.9 Å². The van der Waals surface area contributed by atoms with Gasteiger partial charge in [0, 0.05) is 43.8 Å². The Morgan fingerprint density at radius 1 is 0.387 bits per heavy atom. The molecule has 0 fully saturated rings. The maximum Gasteiger partial charge on any atom is 0.194 e. The molecule has 0 atom stereocenters. The lowest BCUT2D eigenvalue weighted by atomic mass is 10.0. The third-order valence-electron chi connectivity index (χ3n) is 12.6. The smallest absolute Gasteiger partial charge is 0.194 e. The van der Waals surface area contributed by atoms with E-state index in [4.69, 9.17) is 0 Å². The number of nitrogens with zero attached hydrogens (tertiary/aromatic N) is 2. The molecule has 3 aliphatic rings. The van der Waals surface area contributed by atoms with E-state index in [1.165, 1.54) is 119 Å². The van der Waals surface area contributed by atoms with Crippen LogP contribution >= 0.6 is 23.5 Å².